The number of nitrogens with zero attached hydrogens (tertiary/aromatic N) is 1. The summed E-state index contributed by atoms with van der Waals surface area (Å²) in [5.74, 6) is 0. The van der Waals surface area contributed by atoms with E-state index in [9.17, 15) is 0 Å². The fourth-order valence-electron chi connectivity index (χ4n) is 2.19. The average molecular weight is 320 g/mol. The Kier molecular flexibility index (Phi) is 3.55. The summed E-state index contributed by atoms with van der Waals surface area (Å²) < 4.78 is 14.1. The fraction of sp³-hybridized carbons (Fsp3) is 0.200. The zero-order chi connectivity index (χ0) is 13.2. The minimum atomic E-state index is -0.257. The van der Waals surface area contributed by atoms with Gasteiger partial charge in [-0.25, -0.2) is 0 Å². The largest absolute Gasteiger partial charge is 0.346 e. The lowest BCUT2D eigenvalue weighted by molar-refractivity contribution is -0.0446. The van der Waals surface area contributed by atoms with Crippen LogP contribution in [0, 0.1) is 0 Å². The van der Waals surface area contributed by atoms with E-state index in [1.54, 1.807) is 0 Å². The topological polar surface area (TPSA) is 23.4 Å². The van der Waals surface area contributed by atoms with Gasteiger partial charge in [-0.05, 0) is 30.3 Å². The number of halogens is 1. The lowest BCUT2D eigenvalue weighted by atomic mass is 10.2. The monoisotopic (exact) mass is 319 g/mol. The molecule has 2 aromatic rings. The molecule has 1 saturated heterocycles. The van der Waals surface area contributed by atoms with Gasteiger partial charge in [-0.2, -0.15) is 0 Å². The molecule has 0 bridgehead atoms. The molecule has 0 amide bonds. The van der Waals surface area contributed by atoms with Gasteiger partial charge in [0.2, 0.25) is 0 Å². The third-order valence-electron chi connectivity index (χ3n) is 3.13. The molecule has 0 saturated carbocycles. The Morgan fingerprint density at radius 1 is 1.26 bits per heavy atom. The molecule has 1 aliphatic rings. The average Bonchev–Trinajstić information content (AvgIpc) is 3.09. The van der Waals surface area contributed by atoms with Gasteiger partial charge in [0.25, 0.3) is 0 Å². The van der Waals surface area contributed by atoms with Crippen molar-refractivity contribution in [3.05, 3.63) is 58.8 Å². The van der Waals surface area contributed by atoms with Crippen LogP contribution in [0.2, 0.25) is 0 Å². The van der Waals surface area contributed by atoms with Gasteiger partial charge in [0, 0.05) is 27.6 Å². The third-order valence-corrected chi connectivity index (χ3v) is 3.81. The Morgan fingerprint density at radius 2 is 2.05 bits per heavy atom. The Balaban J connectivity index is 1.97. The Bertz CT molecular complexity index is 600. The fourth-order valence-corrected chi connectivity index (χ4v) is 2.74. The van der Waals surface area contributed by atoms with Crippen molar-refractivity contribution in [3.63, 3.8) is 0 Å². The zero-order valence-electron chi connectivity index (χ0n) is 10.4. The van der Waals surface area contributed by atoms with E-state index in [2.05, 4.69) is 39.2 Å². The van der Waals surface area contributed by atoms with Gasteiger partial charge in [0.1, 0.15) is 0 Å². The summed E-state index contributed by atoms with van der Waals surface area (Å²) in [5.41, 5.74) is 3.16. The first-order valence-corrected chi connectivity index (χ1v) is 6.92. The van der Waals surface area contributed by atoms with Crippen molar-refractivity contribution in [2.75, 3.05) is 13.2 Å². The third kappa shape index (κ3) is 2.39. The van der Waals surface area contributed by atoms with Crippen LogP contribution in [0.15, 0.2) is 47.6 Å². The predicted molar refractivity (Wildman–Crippen MR) is 78.2 cm³/mol. The number of benzene rings is 1. The van der Waals surface area contributed by atoms with Crippen LogP contribution in [0.3, 0.4) is 0 Å². The maximum atomic E-state index is 5.52. The summed E-state index contributed by atoms with van der Waals surface area (Å²) in [4.78, 5) is 0. The van der Waals surface area contributed by atoms with Crippen molar-refractivity contribution in [2.24, 2.45) is 0 Å². The Morgan fingerprint density at radius 3 is 2.74 bits per heavy atom. The molecule has 1 fully saturated rings. The van der Waals surface area contributed by atoms with Gasteiger partial charge >= 0.3 is 0 Å². The highest BCUT2D eigenvalue weighted by Gasteiger charge is 2.20. The van der Waals surface area contributed by atoms with E-state index in [0.717, 1.165) is 21.4 Å². The molecule has 3 nitrogen and oxygen atoms in total. The minimum Gasteiger partial charge on any atom is -0.346 e. The van der Waals surface area contributed by atoms with Gasteiger partial charge in [-0.3, -0.25) is 0 Å². The molecule has 98 valence electrons. The second-order valence-corrected chi connectivity index (χ2v) is 5.14. The van der Waals surface area contributed by atoms with E-state index in [0.29, 0.717) is 13.2 Å². The summed E-state index contributed by atoms with van der Waals surface area (Å²) in [7, 11) is 0. The van der Waals surface area contributed by atoms with Crippen molar-refractivity contribution in [1.29, 1.82) is 0 Å². The molecule has 1 aromatic heterocycles. The normalized spacial score (nSPS) is 15.8. The summed E-state index contributed by atoms with van der Waals surface area (Å²) in [6, 6.07) is 10.2. The molecule has 0 spiro atoms. The predicted octanol–water partition coefficient (Wildman–Crippen LogP) is 3.93. The van der Waals surface area contributed by atoms with Crippen LogP contribution in [0.4, 0.5) is 0 Å². The molecule has 1 aliphatic heterocycles. The molecule has 2 heterocycles. The van der Waals surface area contributed by atoms with Crippen LogP contribution in [0.25, 0.3) is 11.8 Å². The van der Waals surface area contributed by atoms with Crippen LogP contribution >= 0.6 is 15.9 Å². The standard InChI is InChI=1S/C15H14BrNO2/c1-2-11-4-3-7-17(11)12-5-6-13(14(16)10-12)15-18-8-9-19-15/h2-7,10,15H,1,8-9H2. The second kappa shape index (κ2) is 5.33. The second-order valence-electron chi connectivity index (χ2n) is 4.29. The van der Waals surface area contributed by atoms with Crippen LogP contribution < -0.4 is 0 Å². The van der Waals surface area contributed by atoms with Gasteiger partial charge in [0.15, 0.2) is 6.29 Å². The summed E-state index contributed by atoms with van der Waals surface area (Å²) in [6.45, 7) is 5.12. The lowest BCUT2D eigenvalue weighted by Gasteiger charge is -2.14. The maximum absolute atomic E-state index is 5.52. The van der Waals surface area contributed by atoms with E-state index in [-0.39, 0.29) is 6.29 Å². The van der Waals surface area contributed by atoms with Crippen molar-refractivity contribution in [2.45, 2.75) is 6.29 Å². The summed E-state index contributed by atoms with van der Waals surface area (Å²) in [6.07, 6.45) is 3.60. The maximum Gasteiger partial charge on any atom is 0.185 e. The van der Waals surface area contributed by atoms with Crippen molar-refractivity contribution >= 4 is 22.0 Å². The molecular weight excluding hydrogens is 306 g/mol. The Hall–Kier alpha value is -1.36. The number of rotatable bonds is 3. The lowest BCUT2D eigenvalue weighted by Crippen LogP contribution is -2.01. The van der Waals surface area contributed by atoms with Crippen LogP contribution in [0.5, 0.6) is 0 Å². The molecule has 1 aromatic carbocycles. The number of hydrogen-bond acceptors (Lipinski definition) is 2. The highest BCUT2D eigenvalue weighted by molar-refractivity contribution is 9.10. The first kappa shape index (κ1) is 12.7. The Labute approximate surface area is 120 Å². The van der Waals surface area contributed by atoms with Crippen molar-refractivity contribution in [1.82, 2.24) is 4.57 Å². The SMILES string of the molecule is C=Cc1cccn1-c1ccc(C2OCCO2)c(Br)c1. The summed E-state index contributed by atoms with van der Waals surface area (Å²) >= 11 is 3.59. The van der Waals surface area contributed by atoms with Crippen molar-refractivity contribution in [3.8, 4) is 5.69 Å². The molecule has 19 heavy (non-hydrogen) atoms. The molecule has 0 aliphatic carbocycles. The molecule has 0 radical (unpaired) electrons. The van der Waals surface area contributed by atoms with E-state index in [1.165, 1.54) is 0 Å². The zero-order valence-corrected chi connectivity index (χ0v) is 12.0. The van der Waals surface area contributed by atoms with Crippen molar-refractivity contribution < 1.29 is 9.47 Å². The smallest absolute Gasteiger partial charge is 0.185 e. The van der Waals surface area contributed by atoms with Crippen LogP contribution in [-0.2, 0) is 9.47 Å². The minimum absolute atomic E-state index is 0.257. The van der Waals surface area contributed by atoms with E-state index in [4.69, 9.17) is 9.47 Å². The van der Waals surface area contributed by atoms with Gasteiger partial charge in [-0.1, -0.05) is 28.6 Å². The highest BCUT2D eigenvalue weighted by Crippen LogP contribution is 2.31. The van der Waals surface area contributed by atoms with E-state index >= 15 is 0 Å². The number of aromatic nitrogens is 1. The highest BCUT2D eigenvalue weighted by atomic mass is 79.9. The summed E-state index contributed by atoms with van der Waals surface area (Å²) in [5, 5.41) is 0. The molecule has 0 unspecified atom stereocenters. The van der Waals surface area contributed by atoms with Gasteiger partial charge in [0.05, 0.1) is 13.2 Å². The molecule has 0 atom stereocenters. The van der Waals surface area contributed by atoms with Gasteiger partial charge in [-0.15, -0.1) is 0 Å². The quantitative estimate of drug-likeness (QED) is 0.855. The molecule has 4 heteroatoms. The van der Waals surface area contributed by atoms with Crippen LogP contribution in [0.1, 0.15) is 17.5 Å². The van der Waals surface area contributed by atoms with E-state index < -0.39 is 0 Å². The molecular formula is C15H14BrNO2. The first-order valence-electron chi connectivity index (χ1n) is 6.12. The molecule has 0 N–H and O–H groups in total. The van der Waals surface area contributed by atoms with Gasteiger partial charge < -0.3 is 14.0 Å². The first-order chi connectivity index (χ1) is 9.29. The number of hydrogen-bond donors (Lipinski definition) is 0. The van der Waals surface area contributed by atoms with Crippen LogP contribution in [-0.4, -0.2) is 17.8 Å². The molecule has 3 rings (SSSR count). The number of ether oxygens (including phenoxy) is 2. The van der Waals surface area contributed by atoms with E-state index in [1.807, 2.05) is 30.5 Å².